The summed E-state index contributed by atoms with van der Waals surface area (Å²) in [5, 5.41) is 0.844. The maximum atomic E-state index is 14.2. The summed E-state index contributed by atoms with van der Waals surface area (Å²) in [6.45, 7) is 8.73. The standard InChI is InChI=1S/C24H25F3N3/c1-5-22(4)23(6-2,7-3)15-11-10-12-16-19(15)20-29(21(28-16)24(25,26)27)17-13-8-9-14-18(17)30(20)22/h8-14H,5-7H2,1-4H3/q+1. The fourth-order valence-corrected chi connectivity index (χ4v) is 6.12. The lowest BCUT2D eigenvalue weighted by atomic mass is 9.59. The Labute approximate surface area is 173 Å². The van der Waals surface area contributed by atoms with Gasteiger partial charge in [0.2, 0.25) is 0 Å². The van der Waals surface area contributed by atoms with Gasteiger partial charge in [-0.15, -0.1) is 0 Å². The molecule has 4 aromatic rings. The van der Waals surface area contributed by atoms with Crippen LogP contribution in [-0.2, 0) is 17.1 Å². The molecule has 1 unspecified atom stereocenters. The van der Waals surface area contributed by atoms with Crippen molar-refractivity contribution in [2.24, 2.45) is 0 Å². The molecule has 5 rings (SSSR count). The maximum Gasteiger partial charge on any atom is 0.473 e. The number of fused-ring (bicyclic) bond motifs is 3. The quantitative estimate of drug-likeness (QED) is 0.370. The fourth-order valence-electron chi connectivity index (χ4n) is 6.12. The first-order valence-electron chi connectivity index (χ1n) is 10.6. The SMILES string of the molecule is CCC1(CC)c2cccc3nc(C(F)(F)F)n4c5ccccc5[n+](c4c23)C1(C)CC. The molecule has 30 heavy (non-hydrogen) atoms. The number of hydrogen-bond donors (Lipinski definition) is 0. The van der Waals surface area contributed by atoms with Crippen LogP contribution in [0.4, 0.5) is 13.2 Å². The molecule has 0 N–H and O–H groups in total. The first kappa shape index (κ1) is 19.3. The van der Waals surface area contributed by atoms with Crippen molar-refractivity contribution in [3.8, 4) is 0 Å². The molecule has 0 saturated carbocycles. The predicted octanol–water partition coefficient (Wildman–Crippen LogP) is 6.14. The van der Waals surface area contributed by atoms with Crippen molar-refractivity contribution in [3.63, 3.8) is 0 Å². The summed E-state index contributed by atoms with van der Waals surface area (Å²) in [5.74, 6) is -0.865. The number of benzene rings is 2. The first-order chi connectivity index (χ1) is 14.2. The van der Waals surface area contributed by atoms with Gasteiger partial charge in [0, 0.05) is 5.41 Å². The summed E-state index contributed by atoms with van der Waals surface area (Å²) in [7, 11) is 0. The second-order valence-corrected chi connectivity index (χ2v) is 8.53. The zero-order valence-corrected chi connectivity index (χ0v) is 17.6. The van der Waals surface area contributed by atoms with Crippen LogP contribution in [0.15, 0.2) is 42.5 Å². The zero-order valence-electron chi connectivity index (χ0n) is 17.6. The lowest BCUT2D eigenvalue weighted by Gasteiger charge is -2.48. The Hall–Kier alpha value is -2.63. The topological polar surface area (TPSA) is 21.2 Å². The number of hydrogen-bond acceptors (Lipinski definition) is 1. The van der Waals surface area contributed by atoms with Crippen LogP contribution in [0, 0.1) is 0 Å². The normalized spacial score (nSPS) is 20.6. The molecular formula is C24H25F3N3+. The van der Waals surface area contributed by atoms with E-state index in [9.17, 15) is 13.2 Å². The van der Waals surface area contributed by atoms with E-state index in [-0.39, 0.29) is 11.0 Å². The molecule has 1 aliphatic heterocycles. The molecule has 0 radical (unpaired) electrons. The predicted molar refractivity (Wildman–Crippen MR) is 112 cm³/mol. The summed E-state index contributed by atoms with van der Waals surface area (Å²) < 4.78 is 46.0. The van der Waals surface area contributed by atoms with E-state index in [1.807, 2.05) is 18.2 Å². The lowest BCUT2D eigenvalue weighted by Crippen LogP contribution is -2.67. The van der Waals surface area contributed by atoms with Crippen molar-refractivity contribution in [1.29, 1.82) is 0 Å². The number of alkyl halides is 3. The second-order valence-electron chi connectivity index (χ2n) is 8.53. The van der Waals surface area contributed by atoms with E-state index in [4.69, 9.17) is 0 Å². The summed E-state index contributed by atoms with van der Waals surface area (Å²) >= 11 is 0. The van der Waals surface area contributed by atoms with Crippen molar-refractivity contribution < 1.29 is 17.7 Å². The van der Waals surface area contributed by atoms with Crippen molar-refractivity contribution in [2.75, 3.05) is 0 Å². The minimum atomic E-state index is -4.56. The van der Waals surface area contributed by atoms with Gasteiger partial charge >= 0.3 is 12.0 Å². The molecule has 0 aliphatic carbocycles. The molecule has 3 nitrogen and oxygen atoms in total. The van der Waals surface area contributed by atoms with Crippen molar-refractivity contribution >= 4 is 27.6 Å². The highest BCUT2D eigenvalue weighted by Gasteiger charge is 2.57. The summed E-state index contributed by atoms with van der Waals surface area (Å²) in [6, 6.07) is 13.1. The van der Waals surface area contributed by atoms with Crippen LogP contribution in [0.1, 0.15) is 58.3 Å². The molecule has 0 bridgehead atoms. The number of aromatic nitrogens is 3. The van der Waals surface area contributed by atoms with E-state index < -0.39 is 12.0 Å². The molecule has 1 aliphatic rings. The minimum absolute atomic E-state index is 0.203. The van der Waals surface area contributed by atoms with E-state index in [1.165, 1.54) is 4.40 Å². The molecule has 0 amide bonds. The van der Waals surface area contributed by atoms with Gasteiger partial charge in [-0.1, -0.05) is 45.0 Å². The van der Waals surface area contributed by atoms with Crippen molar-refractivity contribution in [2.45, 2.75) is 64.1 Å². The van der Waals surface area contributed by atoms with E-state index in [1.54, 1.807) is 18.2 Å². The van der Waals surface area contributed by atoms with Gasteiger partial charge < -0.3 is 0 Å². The third kappa shape index (κ3) is 2.02. The number of nitrogens with zero attached hydrogens (tertiary/aromatic N) is 3. The number of para-hydroxylation sites is 2. The van der Waals surface area contributed by atoms with Crippen LogP contribution in [0.5, 0.6) is 0 Å². The number of halogens is 3. The van der Waals surface area contributed by atoms with Gasteiger partial charge in [0.25, 0.3) is 5.65 Å². The van der Waals surface area contributed by atoms with Crippen molar-refractivity contribution in [3.05, 3.63) is 53.9 Å². The molecule has 0 fully saturated rings. The van der Waals surface area contributed by atoms with Gasteiger partial charge in [-0.3, -0.25) is 0 Å². The van der Waals surface area contributed by atoms with Crippen LogP contribution in [0.25, 0.3) is 27.6 Å². The molecule has 2 aromatic heterocycles. The maximum absolute atomic E-state index is 14.2. The Morgan fingerprint density at radius 3 is 2.30 bits per heavy atom. The third-order valence-corrected chi connectivity index (χ3v) is 7.68. The minimum Gasteiger partial charge on any atom is -0.216 e. The zero-order chi connectivity index (χ0) is 21.5. The Morgan fingerprint density at radius 2 is 1.67 bits per heavy atom. The molecule has 0 spiro atoms. The van der Waals surface area contributed by atoms with Gasteiger partial charge in [0.15, 0.2) is 11.0 Å². The molecule has 6 heteroatoms. The smallest absolute Gasteiger partial charge is 0.216 e. The highest BCUT2D eigenvalue weighted by Crippen LogP contribution is 2.52. The van der Waals surface area contributed by atoms with Gasteiger partial charge in [0.1, 0.15) is 5.54 Å². The molecular weight excluding hydrogens is 387 g/mol. The molecule has 2 aromatic carbocycles. The molecule has 0 saturated heterocycles. The van der Waals surface area contributed by atoms with Crippen molar-refractivity contribution in [1.82, 2.24) is 9.38 Å². The average Bonchev–Trinajstić information content (AvgIpc) is 3.09. The van der Waals surface area contributed by atoms with Crippen LogP contribution >= 0.6 is 0 Å². The molecule has 156 valence electrons. The summed E-state index contributed by atoms with van der Waals surface area (Å²) in [6.07, 6.45) is -1.96. The van der Waals surface area contributed by atoms with Gasteiger partial charge in [-0.05, 0) is 49.9 Å². The lowest BCUT2D eigenvalue weighted by molar-refractivity contribution is -0.729. The molecule has 1 atom stereocenters. The molecule has 3 heterocycles. The van der Waals surface area contributed by atoms with Crippen LogP contribution in [-0.4, -0.2) is 9.38 Å². The Kier molecular flexibility index (Phi) is 3.84. The van der Waals surface area contributed by atoms with Gasteiger partial charge in [0.05, 0.1) is 10.9 Å². The monoisotopic (exact) mass is 412 g/mol. The Bertz CT molecular complexity index is 1310. The Morgan fingerprint density at radius 1 is 0.967 bits per heavy atom. The fraction of sp³-hybridized carbons (Fsp3) is 0.417. The van der Waals surface area contributed by atoms with E-state index in [0.717, 1.165) is 35.7 Å². The number of rotatable bonds is 3. The van der Waals surface area contributed by atoms with Crippen LogP contribution in [0.3, 0.4) is 0 Å². The van der Waals surface area contributed by atoms with Crippen LogP contribution < -0.4 is 4.57 Å². The second kappa shape index (κ2) is 5.96. The highest BCUT2D eigenvalue weighted by atomic mass is 19.4. The first-order valence-corrected chi connectivity index (χ1v) is 10.6. The van der Waals surface area contributed by atoms with E-state index in [2.05, 4.69) is 43.3 Å². The van der Waals surface area contributed by atoms with Gasteiger partial charge in [-0.2, -0.15) is 17.6 Å². The highest BCUT2D eigenvalue weighted by molar-refractivity contribution is 5.97. The number of imidazole rings is 1. The van der Waals surface area contributed by atoms with E-state index >= 15 is 0 Å². The average molecular weight is 412 g/mol. The largest absolute Gasteiger partial charge is 0.473 e. The van der Waals surface area contributed by atoms with Crippen LogP contribution in [0.2, 0.25) is 0 Å². The summed E-state index contributed by atoms with van der Waals surface area (Å²) in [4.78, 5) is 4.17. The Balaban J connectivity index is 2.19. The van der Waals surface area contributed by atoms with Gasteiger partial charge in [-0.25, -0.2) is 9.55 Å². The third-order valence-electron chi connectivity index (χ3n) is 7.68. The van der Waals surface area contributed by atoms with E-state index in [0.29, 0.717) is 16.7 Å². The summed E-state index contributed by atoms with van der Waals surface area (Å²) in [5.41, 5.74) is 2.92.